The van der Waals surface area contributed by atoms with Gasteiger partial charge >= 0.3 is 5.97 Å². The number of amides is 1. The first-order valence-corrected chi connectivity index (χ1v) is 8.86. The topological polar surface area (TPSA) is 92.3 Å². The van der Waals surface area contributed by atoms with Gasteiger partial charge in [0.15, 0.2) is 0 Å². The van der Waals surface area contributed by atoms with Gasteiger partial charge in [0.2, 0.25) is 0 Å². The summed E-state index contributed by atoms with van der Waals surface area (Å²) in [5.41, 5.74) is 2.10. The van der Waals surface area contributed by atoms with Crippen LogP contribution < -0.4 is 10.1 Å². The molecule has 1 amide bonds. The van der Waals surface area contributed by atoms with E-state index in [1.54, 1.807) is 48.5 Å². The molecule has 0 aliphatic heterocycles. The molecule has 6 heteroatoms. The number of benzene rings is 2. The van der Waals surface area contributed by atoms with Crippen molar-refractivity contribution in [1.29, 1.82) is 5.26 Å². The van der Waals surface area contributed by atoms with Gasteiger partial charge in [-0.2, -0.15) is 5.26 Å². The first-order valence-electron chi connectivity index (χ1n) is 8.86. The quantitative estimate of drug-likeness (QED) is 0.299. The Hall–Kier alpha value is -4.11. The summed E-state index contributed by atoms with van der Waals surface area (Å²) in [5, 5.41) is 11.9. The second-order valence-corrected chi connectivity index (χ2v) is 6.26. The third-order valence-corrected chi connectivity index (χ3v) is 4.06. The van der Waals surface area contributed by atoms with Crippen molar-refractivity contribution in [2.24, 2.45) is 0 Å². The molecule has 1 N–H and O–H groups in total. The number of ether oxygens (including phenoxy) is 1. The highest BCUT2D eigenvalue weighted by Gasteiger charge is 2.11. The van der Waals surface area contributed by atoms with Gasteiger partial charge in [0.25, 0.3) is 5.91 Å². The van der Waals surface area contributed by atoms with Crippen LogP contribution in [0.3, 0.4) is 0 Å². The molecule has 1 aromatic heterocycles. The minimum absolute atomic E-state index is 0.0408. The van der Waals surface area contributed by atoms with E-state index in [1.807, 2.05) is 25.1 Å². The van der Waals surface area contributed by atoms with Crippen LogP contribution in [0.4, 0.5) is 0 Å². The summed E-state index contributed by atoms with van der Waals surface area (Å²) in [7, 11) is 0. The second kappa shape index (κ2) is 9.20. The zero-order valence-corrected chi connectivity index (χ0v) is 15.7. The third-order valence-electron chi connectivity index (χ3n) is 4.06. The first kappa shape index (κ1) is 19.6. The SMILES string of the molecule is Cc1ccc(C(=O)Oc2ccc(/C=C(\C#N)C(=O)NCc3ccco3)cc2)cc1. The number of nitrogens with one attached hydrogen (secondary N) is 1. The van der Waals surface area contributed by atoms with Gasteiger partial charge in [-0.25, -0.2) is 4.79 Å². The Morgan fingerprint density at radius 3 is 2.45 bits per heavy atom. The van der Waals surface area contributed by atoms with E-state index in [4.69, 9.17) is 9.15 Å². The second-order valence-electron chi connectivity index (χ2n) is 6.26. The van der Waals surface area contributed by atoms with Gasteiger partial charge in [0.05, 0.1) is 18.4 Å². The van der Waals surface area contributed by atoms with Crippen LogP contribution in [0.25, 0.3) is 6.08 Å². The molecule has 0 atom stereocenters. The van der Waals surface area contributed by atoms with Crippen molar-refractivity contribution in [3.05, 3.63) is 95.0 Å². The molecule has 0 radical (unpaired) electrons. The van der Waals surface area contributed by atoms with Crippen LogP contribution in [0.2, 0.25) is 0 Å². The molecule has 0 fully saturated rings. The van der Waals surface area contributed by atoms with Crippen molar-refractivity contribution in [1.82, 2.24) is 5.32 Å². The summed E-state index contributed by atoms with van der Waals surface area (Å²) in [6.07, 6.45) is 2.97. The number of rotatable bonds is 6. The minimum Gasteiger partial charge on any atom is -0.467 e. The molecule has 0 saturated heterocycles. The van der Waals surface area contributed by atoms with Gasteiger partial charge in [0.1, 0.15) is 23.2 Å². The average Bonchev–Trinajstić information content (AvgIpc) is 3.25. The smallest absolute Gasteiger partial charge is 0.343 e. The maximum atomic E-state index is 12.2. The first-order chi connectivity index (χ1) is 14.0. The molecule has 0 unspecified atom stereocenters. The Kier molecular flexibility index (Phi) is 6.23. The molecular formula is C23H18N2O4. The van der Waals surface area contributed by atoms with Crippen LogP contribution in [0.15, 0.2) is 76.9 Å². The molecule has 3 aromatic rings. The molecule has 2 aromatic carbocycles. The van der Waals surface area contributed by atoms with Gasteiger partial charge < -0.3 is 14.5 Å². The van der Waals surface area contributed by atoms with E-state index < -0.39 is 11.9 Å². The molecule has 0 bridgehead atoms. The van der Waals surface area contributed by atoms with E-state index in [9.17, 15) is 14.9 Å². The van der Waals surface area contributed by atoms with Gasteiger partial charge in [-0.3, -0.25) is 4.79 Å². The van der Waals surface area contributed by atoms with Crippen molar-refractivity contribution in [2.45, 2.75) is 13.5 Å². The Labute approximate surface area is 168 Å². The predicted octanol–water partition coefficient (Wildman–Crippen LogP) is 4.03. The van der Waals surface area contributed by atoms with E-state index in [0.717, 1.165) is 5.56 Å². The monoisotopic (exact) mass is 386 g/mol. The molecule has 1 heterocycles. The lowest BCUT2D eigenvalue weighted by Crippen LogP contribution is -2.23. The fourth-order valence-corrected chi connectivity index (χ4v) is 2.48. The van der Waals surface area contributed by atoms with E-state index in [0.29, 0.717) is 22.6 Å². The van der Waals surface area contributed by atoms with Gasteiger partial charge in [0, 0.05) is 0 Å². The van der Waals surface area contributed by atoms with Crippen molar-refractivity contribution >= 4 is 18.0 Å². The number of nitrogens with zero attached hydrogens (tertiary/aromatic N) is 1. The maximum Gasteiger partial charge on any atom is 0.343 e. The van der Waals surface area contributed by atoms with Crippen LogP contribution in [-0.2, 0) is 11.3 Å². The van der Waals surface area contributed by atoms with Crippen molar-refractivity contribution in [3.8, 4) is 11.8 Å². The fraction of sp³-hybridized carbons (Fsp3) is 0.0870. The van der Waals surface area contributed by atoms with E-state index in [1.165, 1.54) is 12.3 Å². The molecule has 29 heavy (non-hydrogen) atoms. The highest BCUT2D eigenvalue weighted by Crippen LogP contribution is 2.17. The number of aryl methyl sites for hydroxylation is 1. The summed E-state index contributed by atoms with van der Waals surface area (Å²) in [4.78, 5) is 24.3. The summed E-state index contributed by atoms with van der Waals surface area (Å²) in [5.74, 6) is 0.00553. The molecule has 6 nitrogen and oxygen atoms in total. The van der Waals surface area contributed by atoms with Crippen LogP contribution in [0.1, 0.15) is 27.2 Å². The van der Waals surface area contributed by atoms with Gasteiger partial charge in [-0.15, -0.1) is 0 Å². The summed E-state index contributed by atoms with van der Waals surface area (Å²) >= 11 is 0. The third kappa shape index (κ3) is 5.44. The Balaban J connectivity index is 1.63. The van der Waals surface area contributed by atoms with Crippen molar-refractivity contribution < 1.29 is 18.7 Å². The molecule has 0 aliphatic carbocycles. The predicted molar refractivity (Wildman–Crippen MR) is 107 cm³/mol. The number of esters is 1. The lowest BCUT2D eigenvalue weighted by molar-refractivity contribution is -0.117. The van der Waals surface area contributed by atoms with E-state index in [2.05, 4.69) is 5.32 Å². The molecule has 0 spiro atoms. The zero-order chi connectivity index (χ0) is 20.6. The maximum absolute atomic E-state index is 12.2. The number of nitriles is 1. The van der Waals surface area contributed by atoms with Crippen molar-refractivity contribution in [2.75, 3.05) is 0 Å². The molecule has 144 valence electrons. The average molecular weight is 386 g/mol. The fourth-order valence-electron chi connectivity index (χ4n) is 2.48. The standard InChI is InChI=1S/C23H18N2O4/c1-16-4-8-18(9-5-16)23(27)29-20-10-6-17(7-11-20)13-19(14-24)22(26)25-15-21-3-2-12-28-21/h2-13H,15H2,1H3,(H,25,26)/b19-13+. The molecular weight excluding hydrogens is 368 g/mol. The molecule has 3 rings (SSSR count). The Bertz CT molecular complexity index is 1060. The van der Waals surface area contributed by atoms with E-state index in [-0.39, 0.29) is 12.1 Å². The Morgan fingerprint density at radius 1 is 1.10 bits per heavy atom. The summed E-state index contributed by atoms with van der Waals surface area (Å²) < 4.78 is 10.5. The van der Waals surface area contributed by atoms with Crippen LogP contribution >= 0.6 is 0 Å². The lowest BCUT2D eigenvalue weighted by atomic mass is 10.1. The highest BCUT2D eigenvalue weighted by molar-refractivity contribution is 6.01. The van der Waals surface area contributed by atoms with Crippen LogP contribution in [0.5, 0.6) is 5.75 Å². The van der Waals surface area contributed by atoms with E-state index >= 15 is 0 Å². The largest absolute Gasteiger partial charge is 0.467 e. The normalized spacial score (nSPS) is 10.8. The van der Waals surface area contributed by atoms with Crippen LogP contribution in [-0.4, -0.2) is 11.9 Å². The van der Waals surface area contributed by atoms with Crippen LogP contribution in [0, 0.1) is 18.3 Å². The number of carbonyl (C=O) groups excluding carboxylic acids is 2. The van der Waals surface area contributed by atoms with Crippen molar-refractivity contribution in [3.63, 3.8) is 0 Å². The zero-order valence-electron chi connectivity index (χ0n) is 15.7. The summed E-state index contributed by atoms with van der Waals surface area (Å²) in [6.45, 7) is 2.13. The van der Waals surface area contributed by atoms with Gasteiger partial charge in [-0.1, -0.05) is 29.8 Å². The lowest BCUT2D eigenvalue weighted by Gasteiger charge is -2.05. The Morgan fingerprint density at radius 2 is 1.83 bits per heavy atom. The number of carbonyl (C=O) groups is 2. The molecule has 0 saturated carbocycles. The number of hydrogen-bond donors (Lipinski definition) is 1. The molecule has 0 aliphatic rings. The number of furan rings is 1. The van der Waals surface area contributed by atoms with Gasteiger partial charge in [-0.05, 0) is 55.0 Å². The number of hydrogen-bond acceptors (Lipinski definition) is 5. The summed E-state index contributed by atoms with van der Waals surface area (Å²) in [6, 6.07) is 18.9. The highest BCUT2D eigenvalue weighted by atomic mass is 16.5. The minimum atomic E-state index is -0.501.